The Morgan fingerprint density at radius 2 is 2.25 bits per heavy atom. The van der Waals surface area contributed by atoms with E-state index in [-0.39, 0.29) is 23.4 Å². The smallest absolute Gasteiger partial charge is 0.354 e. The summed E-state index contributed by atoms with van der Waals surface area (Å²) in [5.41, 5.74) is 1.95. The van der Waals surface area contributed by atoms with Gasteiger partial charge in [-0.3, -0.25) is 10.1 Å². The van der Waals surface area contributed by atoms with Gasteiger partial charge in [-0.25, -0.2) is 15.8 Å². The molecular formula is C11H14N6O2S. The van der Waals surface area contributed by atoms with Gasteiger partial charge in [-0.2, -0.15) is 0 Å². The highest BCUT2D eigenvalue weighted by atomic mass is 32.1. The molecule has 106 valence electrons. The van der Waals surface area contributed by atoms with Crippen molar-refractivity contribution in [1.29, 1.82) is 0 Å². The molecule has 2 heterocycles. The Morgan fingerprint density at radius 3 is 2.80 bits per heavy atom. The van der Waals surface area contributed by atoms with Crippen LogP contribution in [0, 0.1) is 10.1 Å². The number of hydrogen-bond donors (Lipinski definition) is 3. The molecule has 4 N–H and O–H groups in total. The van der Waals surface area contributed by atoms with Gasteiger partial charge in [0, 0.05) is 4.88 Å². The summed E-state index contributed by atoms with van der Waals surface area (Å²) in [6.07, 6.45) is 2.00. The van der Waals surface area contributed by atoms with E-state index in [1.165, 1.54) is 6.33 Å². The van der Waals surface area contributed by atoms with Gasteiger partial charge in [-0.15, -0.1) is 11.3 Å². The molecule has 0 saturated carbocycles. The Bertz CT molecular complexity index is 589. The zero-order chi connectivity index (χ0) is 14.5. The van der Waals surface area contributed by atoms with Crippen LogP contribution in [0.3, 0.4) is 0 Å². The molecule has 2 aromatic rings. The molecule has 0 amide bonds. The first-order chi connectivity index (χ1) is 9.67. The molecule has 0 spiro atoms. The van der Waals surface area contributed by atoms with Crippen molar-refractivity contribution < 1.29 is 4.92 Å². The number of hydrazine groups is 1. The molecular weight excluding hydrogens is 280 g/mol. The molecule has 2 aromatic heterocycles. The second-order valence-corrected chi connectivity index (χ2v) is 4.92. The van der Waals surface area contributed by atoms with Crippen molar-refractivity contribution >= 4 is 28.7 Å². The van der Waals surface area contributed by atoms with Crippen molar-refractivity contribution in [2.24, 2.45) is 5.84 Å². The third kappa shape index (κ3) is 2.83. The number of rotatable bonds is 6. The number of thiophene rings is 1. The Kier molecular flexibility index (Phi) is 4.43. The lowest BCUT2D eigenvalue weighted by Gasteiger charge is -2.16. The maximum Gasteiger partial charge on any atom is 0.354 e. The lowest BCUT2D eigenvalue weighted by molar-refractivity contribution is -0.383. The fourth-order valence-electron chi connectivity index (χ4n) is 1.79. The van der Waals surface area contributed by atoms with Crippen LogP contribution in [0.5, 0.6) is 0 Å². The summed E-state index contributed by atoms with van der Waals surface area (Å²) >= 11 is 1.58. The summed E-state index contributed by atoms with van der Waals surface area (Å²) in [5.74, 6) is 5.38. The molecule has 0 fully saturated rings. The van der Waals surface area contributed by atoms with Crippen LogP contribution in [0.15, 0.2) is 23.8 Å². The summed E-state index contributed by atoms with van der Waals surface area (Å²) in [6.45, 7) is 1.99. The molecule has 20 heavy (non-hydrogen) atoms. The van der Waals surface area contributed by atoms with Gasteiger partial charge in [0.1, 0.15) is 6.33 Å². The Balaban J connectivity index is 2.35. The predicted molar refractivity (Wildman–Crippen MR) is 77.5 cm³/mol. The van der Waals surface area contributed by atoms with Crippen LogP contribution in [-0.4, -0.2) is 14.9 Å². The Hall–Kier alpha value is -2.26. The van der Waals surface area contributed by atoms with Crippen LogP contribution < -0.4 is 16.6 Å². The molecule has 0 saturated heterocycles. The van der Waals surface area contributed by atoms with Crippen molar-refractivity contribution in [2.75, 3.05) is 10.7 Å². The lowest BCUT2D eigenvalue weighted by Crippen LogP contribution is -2.15. The zero-order valence-electron chi connectivity index (χ0n) is 10.7. The van der Waals surface area contributed by atoms with Crippen LogP contribution in [0.2, 0.25) is 0 Å². The van der Waals surface area contributed by atoms with Crippen molar-refractivity contribution in [3.8, 4) is 0 Å². The van der Waals surface area contributed by atoms with E-state index in [9.17, 15) is 10.1 Å². The van der Waals surface area contributed by atoms with Gasteiger partial charge in [0.15, 0.2) is 0 Å². The zero-order valence-corrected chi connectivity index (χ0v) is 11.6. The van der Waals surface area contributed by atoms with Crippen LogP contribution in [0.25, 0.3) is 0 Å². The van der Waals surface area contributed by atoms with Crippen LogP contribution in [0.1, 0.15) is 24.3 Å². The molecule has 0 bridgehead atoms. The third-order valence-electron chi connectivity index (χ3n) is 2.75. The standard InChI is InChI=1S/C11H14N6O2S/c1-2-7(8-4-3-5-20-8)15-10-9(17(18)19)11(16-12)14-6-13-10/h3-7H,2,12H2,1H3,(H2,13,14,15,16). The minimum absolute atomic E-state index is 0.0199. The van der Waals surface area contributed by atoms with E-state index in [4.69, 9.17) is 5.84 Å². The van der Waals surface area contributed by atoms with Crippen LogP contribution in [0.4, 0.5) is 17.3 Å². The molecule has 0 aromatic carbocycles. The van der Waals surface area contributed by atoms with Gasteiger partial charge in [0.05, 0.1) is 11.0 Å². The summed E-state index contributed by atoms with van der Waals surface area (Å²) in [7, 11) is 0. The lowest BCUT2D eigenvalue weighted by atomic mass is 10.2. The highest BCUT2D eigenvalue weighted by Gasteiger charge is 2.24. The summed E-state index contributed by atoms with van der Waals surface area (Å²) in [6, 6.07) is 3.86. The minimum atomic E-state index is -0.557. The van der Waals surface area contributed by atoms with E-state index in [1.807, 2.05) is 24.4 Å². The monoisotopic (exact) mass is 294 g/mol. The fourth-order valence-corrected chi connectivity index (χ4v) is 2.65. The Labute approximate surface area is 119 Å². The average molecular weight is 294 g/mol. The van der Waals surface area contributed by atoms with Crippen LogP contribution in [-0.2, 0) is 0 Å². The van der Waals surface area contributed by atoms with Gasteiger partial charge < -0.3 is 10.7 Å². The second-order valence-electron chi connectivity index (χ2n) is 3.94. The second kappa shape index (κ2) is 6.26. The maximum atomic E-state index is 11.2. The number of nitrogens with two attached hydrogens (primary N) is 1. The van der Waals surface area contributed by atoms with Crippen molar-refractivity contribution in [3.05, 3.63) is 38.8 Å². The SMILES string of the molecule is CCC(Nc1ncnc(NN)c1[N+](=O)[O-])c1cccs1. The minimum Gasteiger partial charge on any atom is -0.357 e. The van der Waals surface area contributed by atoms with Crippen molar-refractivity contribution in [1.82, 2.24) is 9.97 Å². The number of nitrogens with zero attached hydrogens (tertiary/aromatic N) is 3. The van der Waals surface area contributed by atoms with E-state index in [0.29, 0.717) is 0 Å². The number of aromatic nitrogens is 2. The van der Waals surface area contributed by atoms with E-state index < -0.39 is 4.92 Å². The number of anilines is 2. The molecule has 0 aliphatic carbocycles. The summed E-state index contributed by atoms with van der Waals surface area (Å²) in [4.78, 5) is 19.4. The molecule has 0 aliphatic heterocycles. The van der Waals surface area contributed by atoms with E-state index >= 15 is 0 Å². The largest absolute Gasteiger partial charge is 0.357 e. The molecule has 0 aliphatic rings. The van der Waals surface area contributed by atoms with E-state index in [1.54, 1.807) is 11.3 Å². The summed E-state index contributed by atoms with van der Waals surface area (Å²) in [5, 5.41) is 16.2. The van der Waals surface area contributed by atoms with E-state index in [0.717, 1.165) is 11.3 Å². The van der Waals surface area contributed by atoms with Crippen molar-refractivity contribution in [3.63, 3.8) is 0 Å². The fraction of sp³-hybridized carbons (Fsp3) is 0.273. The molecule has 0 radical (unpaired) electrons. The first-order valence-corrected chi connectivity index (χ1v) is 6.81. The first kappa shape index (κ1) is 14.2. The van der Waals surface area contributed by atoms with Gasteiger partial charge >= 0.3 is 5.69 Å². The summed E-state index contributed by atoms with van der Waals surface area (Å²) < 4.78 is 0. The van der Waals surface area contributed by atoms with Crippen LogP contribution >= 0.6 is 11.3 Å². The highest BCUT2D eigenvalue weighted by Crippen LogP contribution is 2.32. The van der Waals surface area contributed by atoms with Crippen molar-refractivity contribution in [2.45, 2.75) is 19.4 Å². The normalized spacial score (nSPS) is 11.9. The molecule has 1 unspecified atom stereocenters. The molecule has 1 atom stereocenters. The maximum absolute atomic E-state index is 11.2. The average Bonchev–Trinajstić information content (AvgIpc) is 2.97. The highest BCUT2D eigenvalue weighted by molar-refractivity contribution is 7.10. The molecule has 8 nitrogen and oxygen atoms in total. The van der Waals surface area contributed by atoms with Gasteiger partial charge in [0.2, 0.25) is 11.6 Å². The number of hydrogen-bond acceptors (Lipinski definition) is 8. The van der Waals surface area contributed by atoms with E-state index in [2.05, 4.69) is 20.7 Å². The third-order valence-corrected chi connectivity index (χ3v) is 3.73. The quantitative estimate of drug-likeness (QED) is 0.425. The number of nitro groups is 1. The first-order valence-electron chi connectivity index (χ1n) is 5.93. The number of nitrogens with one attached hydrogen (secondary N) is 2. The molecule has 9 heteroatoms. The van der Waals surface area contributed by atoms with Gasteiger partial charge in [-0.1, -0.05) is 13.0 Å². The predicted octanol–water partition coefficient (Wildman–Crippen LogP) is 2.30. The van der Waals surface area contributed by atoms with Gasteiger partial charge in [0.25, 0.3) is 0 Å². The number of nitrogen functional groups attached to an aromatic ring is 1. The Morgan fingerprint density at radius 1 is 1.50 bits per heavy atom. The topological polar surface area (TPSA) is 119 Å². The van der Waals surface area contributed by atoms with Gasteiger partial charge in [-0.05, 0) is 17.9 Å². The molecule has 2 rings (SSSR count).